The standard InChI is InChI=1S/C16H17NO3/c1-20-14-7-3-5-12(9-14)11-4-2-6-13(8-11)15(17)10-16(18)19/h2-9,15H,10,17H2,1H3,(H,18,19). The Balaban J connectivity index is 2.31. The second kappa shape index (κ2) is 6.21. The molecule has 2 aromatic rings. The topological polar surface area (TPSA) is 72.5 Å². The van der Waals surface area contributed by atoms with Gasteiger partial charge in [0.05, 0.1) is 13.5 Å². The summed E-state index contributed by atoms with van der Waals surface area (Å²) in [5, 5.41) is 8.80. The lowest BCUT2D eigenvalue weighted by Gasteiger charge is -2.11. The average Bonchev–Trinajstić information content (AvgIpc) is 2.47. The quantitative estimate of drug-likeness (QED) is 0.877. The lowest BCUT2D eigenvalue weighted by atomic mass is 9.98. The van der Waals surface area contributed by atoms with E-state index in [9.17, 15) is 4.79 Å². The summed E-state index contributed by atoms with van der Waals surface area (Å²) >= 11 is 0. The monoisotopic (exact) mass is 271 g/mol. The van der Waals surface area contributed by atoms with Gasteiger partial charge in [-0.3, -0.25) is 4.79 Å². The lowest BCUT2D eigenvalue weighted by Crippen LogP contribution is -2.14. The summed E-state index contributed by atoms with van der Waals surface area (Å²) in [7, 11) is 1.62. The van der Waals surface area contributed by atoms with E-state index in [-0.39, 0.29) is 6.42 Å². The van der Waals surface area contributed by atoms with E-state index in [0.717, 1.165) is 22.4 Å². The number of aliphatic carboxylic acids is 1. The third-order valence-corrected chi connectivity index (χ3v) is 3.11. The van der Waals surface area contributed by atoms with Crippen LogP contribution < -0.4 is 10.5 Å². The Morgan fingerprint density at radius 3 is 2.50 bits per heavy atom. The number of rotatable bonds is 5. The van der Waals surface area contributed by atoms with Crippen LogP contribution in [-0.4, -0.2) is 18.2 Å². The normalized spacial score (nSPS) is 11.9. The fourth-order valence-electron chi connectivity index (χ4n) is 2.06. The highest BCUT2D eigenvalue weighted by Crippen LogP contribution is 2.26. The van der Waals surface area contributed by atoms with Crippen LogP contribution in [0.4, 0.5) is 0 Å². The van der Waals surface area contributed by atoms with E-state index in [2.05, 4.69) is 0 Å². The van der Waals surface area contributed by atoms with Crippen LogP contribution >= 0.6 is 0 Å². The van der Waals surface area contributed by atoms with Crippen molar-refractivity contribution in [3.63, 3.8) is 0 Å². The highest BCUT2D eigenvalue weighted by Gasteiger charge is 2.11. The van der Waals surface area contributed by atoms with Crippen molar-refractivity contribution < 1.29 is 14.6 Å². The molecule has 3 N–H and O–H groups in total. The van der Waals surface area contributed by atoms with Crippen molar-refractivity contribution in [3.8, 4) is 16.9 Å². The summed E-state index contributed by atoms with van der Waals surface area (Å²) in [5.74, 6) is -0.118. The maximum Gasteiger partial charge on any atom is 0.305 e. The minimum absolute atomic E-state index is 0.0818. The van der Waals surface area contributed by atoms with Gasteiger partial charge in [-0.05, 0) is 34.9 Å². The molecule has 0 bridgehead atoms. The Bertz CT molecular complexity index is 610. The molecule has 2 rings (SSSR count). The van der Waals surface area contributed by atoms with Gasteiger partial charge in [0.25, 0.3) is 0 Å². The first-order valence-corrected chi connectivity index (χ1v) is 6.32. The van der Waals surface area contributed by atoms with E-state index in [1.54, 1.807) is 7.11 Å². The molecule has 1 unspecified atom stereocenters. The summed E-state index contributed by atoms with van der Waals surface area (Å²) < 4.78 is 5.20. The van der Waals surface area contributed by atoms with E-state index < -0.39 is 12.0 Å². The van der Waals surface area contributed by atoms with Gasteiger partial charge in [-0.15, -0.1) is 0 Å². The average molecular weight is 271 g/mol. The highest BCUT2D eigenvalue weighted by molar-refractivity contribution is 5.69. The van der Waals surface area contributed by atoms with Crippen molar-refractivity contribution >= 4 is 5.97 Å². The summed E-state index contributed by atoms with van der Waals surface area (Å²) in [5.41, 5.74) is 8.70. The third-order valence-electron chi connectivity index (χ3n) is 3.11. The summed E-state index contributed by atoms with van der Waals surface area (Å²) in [6.07, 6.45) is -0.0818. The molecule has 1 atom stereocenters. The fourth-order valence-corrected chi connectivity index (χ4v) is 2.06. The van der Waals surface area contributed by atoms with Gasteiger partial charge < -0.3 is 15.6 Å². The molecule has 104 valence electrons. The van der Waals surface area contributed by atoms with E-state index >= 15 is 0 Å². The van der Waals surface area contributed by atoms with Crippen molar-refractivity contribution in [2.24, 2.45) is 5.73 Å². The van der Waals surface area contributed by atoms with Gasteiger partial charge in [0.2, 0.25) is 0 Å². The van der Waals surface area contributed by atoms with E-state index in [1.165, 1.54) is 0 Å². The lowest BCUT2D eigenvalue weighted by molar-refractivity contribution is -0.137. The van der Waals surface area contributed by atoms with Crippen molar-refractivity contribution in [3.05, 3.63) is 54.1 Å². The molecule has 0 amide bonds. The summed E-state index contributed by atoms with van der Waals surface area (Å²) in [4.78, 5) is 10.7. The Morgan fingerprint density at radius 2 is 1.85 bits per heavy atom. The molecule has 0 radical (unpaired) electrons. The van der Waals surface area contributed by atoms with Crippen LogP contribution in [0.1, 0.15) is 18.0 Å². The molecule has 0 heterocycles. The van der Waals surface area contributed by atoms with Gasteiger partial charge in [0, 0.05) is 6.04 Å². The number of carboxylic acid groups (broad SMARTS) is 1. The molecule has 0 saturated carbocycles. The maximum absolute atomic E-state index is 10.7. The van der Waals surface area contributed by atoms with Crippen molar-refractivity contribution in [2.45, 2.75) is 12.5 Å². The van der Waals surface area contributed by atoms with Crippen LogP contribution in [0.3, 0.4) is 0 Å². The zero-order valence-electron chi connectivity index (χ0n) is 11.2. The molecular formula is C16H17NO3. The van der Waals surface area contributed by atoms with Gasteiger partial charge in [0.1, 0.15) is 5.75 Å². The zero-order chi connectivity index (χ0) is 14.5. The molecular weight excluding hydrogens is 254 g/mol. The molecule has 2 aromatic carbocycles. The van der Waals surface area contributed by atoms with Gasteiger partial charge in [-0.25, -0.2) is 0 Å². The van der Waals surface area contributed by atoms with E-state index in [0.29, 0.717) is 0 Å². The van der Waals surface area contributed by atoms with Gasteiger partial charge in [-0.1, -0.05) is 30.3 Å². The minimum atomic E-state index is -0.899. The first-order chi connectivity index (χ1) is 9.60. The van der Waals surface area contributed by atoms with Crippen LogP contribution in [-0.2, 0) is 4.79 Å². The van der Waals surface area contributed by atoms with Crippen molar-refractivity contribution in [1.82, 2.24) is 0 Å². The number of hydrogen-bond donors (Lipinski definition) is 2. The second-order valence-corrected chi connectivity index (χ2v) is 4.56. The number of carboxylic acids is 1. The maximum atomic E-state index is 10.7. The number of ether oxygens (including phenoxy) is 1. The van der Waals surface area contributed by atoms with Gasteiger partial charge in [0.15, 0.2) is 0 Å². The number of hydrogen-bond acceptors (Lipinski definition) is 3. The van der Waals surface area contributed by atoms with Crippen LogP contribution in [0, 0.1) is 0 Å². The minimum Gasteiger partial charge on any atom is -0.497 e. The zero-order valence-corrected chi connectivity index (χ0v) is 11.2. The molecule has 0 spiro atoms. The van der Waals surface area contributed by atoms with Crippen molar-refractivity contribution in [2.75, 3.05) is 7.11 Å². The Morgan fingerprint density at radius 1 is 1.20 bits per heavy atom. The Kier molecular flexibility index (Phi) is 4.38. The number of methoxy groups -OCH3 is 1. The molecule has 0 aliphatic carbocycles. The number of nitrogens with two attached hydrogens (primary N) is 1. The molecule has 0 aliphatic heterocycles. The first kappa shape index (κ1) is 14.1. The molecule has 0 fully saturated rings. The largest absolute Gasteiger partial charge is 0.497 e. The molecule has 20 heavy (non-hydrogen) atoms. The summed E-state index contributed by atoms with van der Waals surface area (Å²) in [6.45, 7) is 0. The van der Waals surface area contributed by atoms with Crippen LogP contribution in [0.15, 0.2) is 48.5 Å². The number of carbonyl (C=O) groups is 1. The highest BCUT2D eigenvalue weighted by atomic mass is 16.5. The van der Waals surface area contributed by atoms with Crippen LogP contribution in [0.25, 0.3) is 11.1 Å². The van der Waals surface area contributed by atoms with Crippen LogP contribution in [0.2, 0.25) is 0 Å². The smallest absolute Gasteiger partial charge is 0.305 e. The van der Waals surface area contributed by atoms with Gasteiger partial charge >= 0.3 is 5.97 Å². The SMILES string of the molecule is COc1cccc(-c2cccc(C(N)CC(=O)O)c2)c1. The van der Waals surface area contributed by atoms with E-state index in [1.807, 2.05) is 48.5 Å². The predicted octanol–water partition coefficient (Wildman–Crippen LogP) is 2.84. The summed E-state index contributed by atoms with van der Waals surface area (Å²) in [6, 6.07) is 14.8. The number of benzene rings is 2. The molecule has 4 heteroatoms. The van der Waals surface area contributed by atoms with E-state index in [4.69, 9.17) is 15.6 Å². The molecule has 0 aromatic heterocycles. The molecule has 0 saturated heterocycles. The Hall–Kier alpha value is -2.33. The fraction of sp³-hybridized carbons (Fsp3) is 0.188. The molecule has 0 aliphatic rings. The third kappa shape index (κ3) is 3.36. The molecule has 4 nitrogen and oxygen atoms in total. The Labute approximate surface area is 117 Å². The van der Waals surface area contributed by atoms with Crippen molar-refractivity contribution in [1.29, 1.82) is 0 Å². The second-order valence-electron chi connectivity index (χ2n) is 4.56. The predicted molar refractivity (Wildman–Crippen MR) is 77.6 cm³/mol. The van der Waals surface area contributed by atoms with Gasteiger partial charge in [-0.2, -0.15) is 0 Å². The first-order valence-electron chi connectivity index (χ1n) is 6.32. The van der Waals surface area contributed by atoms with Crippen LogP contribution in [0.5, 0.6) is 5.75 Å².